The summed E-state index contributed by atoms with van der Waals surface area (Å²) in [4.78, 5) is 60.0. The molecular weight excluding hydrogens is 484 g/mol. The van der Waals surface area contributed by atoms with Gasteiger partial charge in [-0.1, -0.05) is 25.7 Å². The molecule has 2 N–H and O–H groups in total. The molecule has 2 amide bonds. The highest BCUT2D eigenvalue weighted by atomic mass is 19.1. The number of ether oxygens (including phenoxy) is 2. The normalized spacial score (nSPS) is 10.8. The van der Waals surface area contributed by atoms with Gasteiger partial charge in [-0.05, 0) is 25.7 Å². The van der Waals surface area contributed by atoms with Crippen LogP contribution in [0.15, 0.2) is 14.4 Å². The maximum atomic E-state index is 12.8. The summed E-state index contributed by atoms with van der Waals surface area (Å²) in [6.45, 7) is -0.951. The van der Waals surface area contributed by atoms with Crippen LogP contribution in [-0.2, 0) is 29.6 Å². The Morgan fingerprint density at radius 1 is 0.667 bits per heavy atom. The molecule has 0 aromatic carbocycles. The molecular formula is C22H37F2N5O7. The van der Waals surface area contributed by atoms with E-state index in [0.717, 1.165) is 26.5 Å². The van der Waals surface area contributed by atoms with Gasteiger partial charge in [0.2, 0.25) is 0 Å². The Morgan fingerprint density at radius 3 is 1.44 bits per heavy atom. The van der Waals surface area contributed by atoms with Gasteiger partial charge in [0.25, 0.3) is 0 Å². The molecule has 0 aliphatic rings. The maximum Gasteiger partial charge on any atom is 0.407 e. The van der Waals surface area contributed by atoms with Crippen LogP contribution >= 0.6 is 0 Å². The first-order chi connectivity index (χ1) is 17.3. The Hall–Kier alpha value is -3.19. The zero-order valence-electron chi connectivity index (χ0n) is 20.8. The fourth-order valence-electron chi connectivity index (χ4n) is 3.38. The first-order valence-electron chi connectivity index (χ1n) is 12.2. The average Bonchev–Trinajstić information content (AvgIpc) is 2.87. The van der Waals surface area contributed by atoms with Crippen LogP contribution in [0, 0.1) is 0 Å². The van der Waals surface area contributed by atoms with Crippen LogP contribution in [0.4, 0.5) is 18.4 Å². The molecule has 0 radical (unpaired) electrons. The number of rotatable bonds is 18. The molecule has 12 nitrogen and oxygen atoms in total. The number of carbonyl (C=O) groups excluding carboxylic acids is 2. The lowest BCUT2D eigenvalue weighted by Crippen LogP contribution is -2.53. The van der Waals surface area contributed by atoms with Gasteiger partial charge in [-0.2, -0.15) is 0 Å². The minimum atomic E-state index is -0.735. The standard InChI is InChI=1S/C22H37F2N5O7/c1-27-20(32)28(14-8-4-2-6-12-25-18(30)35-16-10-23)22(34)29(21(27)33)15-9-5-3-7-13-26-19(31)36-17-11-24/h2-17H2,1H3,(H,25,30)(H,26,31). The largest absolute Gasteiger partial charge is 0.447 e. The average molecular weight is 522 g/mol. The third-order valence-electron chi connectivity index (χ3n) is 5.27. The number of nitrogens with zero attached hydrogens (tertiary/aromatic N) is 3. The molecule has 0 aliphatic carbocycles. The summed E-state index contributed by atoms with van der Waals surface area (Å²) >= 11 is 0. The van der Waals surface area contributed by atoms with Gasteiger partial charge >= 0.3 is 29.3 Å². The highest BCUT2D eigenvalue weighted by molar-refractivity contribution is 5.67. The summed E-state index contributed by atoms with van der Waals surface area (Å²) in [6, 6.07) is 0. The Kier molecular flexibility index (Phi) is 15.5. The molecule has 1 aromatic rings. The topological polar surface area (TPSA) is 143 Å². The van der Waals surface area contributed by atoms with E-state index in [1.807, 2.05) is 0 Å². The van der Waals surface area contributed by atoms with Crippen molar-refractivity contribution < 1.29 is 27.8 Å². The van der Waals surface area contributed by atoms with Crippen molar-refractivity contribution in [2.24, 2.45) is 7.05 Å². The predicted octanol–water partition coefficient (Wildman–Crippen LogP) is 1.22. The van der Waals surface area contributed by atoms with Crippen molar-refractivity contribution in [2.75, 3.05) is 39.7 Å². The lowest BCUT2D eigenvalue weighted by molar-refractivity contribution is 0.137. The van der Waals surface area contributed by atoms with Crippen LogP contribution < -0.4 is 27.7 Å². The molecule has 0 saturated carbocycles. The Balaban J connectivity index is 2.43. The third-order valence-corrected chi connectivity index (χ3v) is 5.27. The number of alkyl halides is 2. The second kappa shape index (κ2) is 18.1. The SMILES string of the molecule is Cn1c(=O)n(CCCCCCNC(=O)OCCF)c(=O)n(CCCCCCNC(=O)OCCF)c1=O. The van der Waals surface area contributed by atoms with E-state index in [1.54, 1.807) is 0 Å². The number of nitrogens with one attached hydrogen (secondary N) is 2. The molecule has 1 aromatic heterocycles. The zero-order valence-corrected chi connectivity index (χ0v) is 20.8. The summed E-state index contributed by atoms with van der Waals surface area (Å²) in [6.07, 6.45) is 3.93. The molecule has 1 rings (SSSR count). The number of hydrogen-bond acceptors (Lipinski definition) is 7. The van der Waals surface area contributed by atoms with Gasteiger partial charge in [0.15, 0.2) is 0 Å². The fraction of sp³-hybridized carbons (Fsp3) is 0.773. The number of alkyl carbamates (subject to hydrolysis) is 2. The van der Waals surface area contributed by atoms with Crippen molar-refractivity contribution in [1.29, 1.82) is 0 Å². The number of halogens is 2. The van der Waals surface area contributed by atoms with Crippen LogP contribution in [-0.4, -0.2) is 65.5 Å². The quantitative estimate of drug-likeness (QED) is 0.277. The van der Waals surface area contributed by atoms with Gasteiger partial charge in [0.05, 0.1) is 0 Å². The van der Waals surface area contributed by atoms with Gasteiger partial charge in [-0.15, -0.1) is 0 Å². The molecule has 0 fully saturated rings. The fourth-order valence-corrected chi connectivity index (χ4v) is 3.38. The third kappa shape index (κ3) is 11.5. The van der Waals surface area contributed by atoms with Crippen LogP contribution in [0.1, 0.15) is 51.4 Å². The van der Waals surface area contributed by atoms with E-state index in [0.29, 0.717) is 51.6 Å². The molecule has 14 heteroatoms. The monoisotopic (exact) mass is 521 g/mol. The maximum absolute atomic E-state index is 12.8. The van der Waals surface area contributed by atoms with E-state index in [9.17, 15) is 32.8 Å². The number of carbonyl (C=O) groups is 2. The van der Waals surface area contributed by atoms with Crippen LogP contribution in [0.5, 0.6) is 0 Å². The van der Waals surface area contributed by atoms with E-state index in [-0.39, 0.29) is 26.3 Å². The molecule has 206 valence electrons. The summed E-state index contributed by atoms with van der Waals surface area (Å²) < 4.78 is 36.0. The minimum Gasteiger partial charge on any atom is -0.447 e. The van der Waals surface area contributed by atoms with Crippen molar-refractivity contribution >= 4 is 12.2 Å². The van der Waals surface area contributed by atoms with Gasteiger partial charge in [-0.3, -0.25) is 0 Å². The molecule has 0 bridgehead atoms. The second-order valence-electron chi connectivity index (χ2n) is 8.04. The minimum absolute atomic E-state index is 0.169. The van der Waals surface area contributed by atoms with E-state index in [4.69, 9.17) is 0 Å². The summed E-state index contributed by atoms with van der Waals surface area (Å²) in [5.74, 6) is 0. The Labute approximate surface area is 207 Å². The van der Waals surface area contributed by atoms with E-state index >= 15 is 0 Å². The molecule has 1 heterocycles. The first-order valence-corrected chi connectivity index (χ1v) is 12.2. The van der Waals surface area contributed by atoms with Crippen molar-refractivity contribution in [3.05, 3.63) is 31.5 Å². The summed E-state index contributed by atoms with van der Waals surface area (Å²) in [5.41, 5.74) is -1.97. The van der Waals surface area contributed by atoms with Crippen molar-refractivity contribution in [3.8, 4) is 0 Å². The first kappa shape index (κ1) is 30.8. The van der Waals surface area contributed by atoms with E-state index in [2.05, 4.69) is 20.1 Å². The molecule has 0 aliphatic heterocycles. The summed E-state index contributed by atoms with van der Waals surface area (Å²) in [5, 5.41) is 5.00. The van der Waals surface area contributed by atoms with Crippen molar-refractivity contribution in [1.82, 2.24) is 24.3 Å². The van der Waals surface area contributed by atoms with Crippen LogP contribution in [0.2, 0.25) is 0 Å². The number of amides is 2. The Morgan fingerprint density at radius 2 is 1.06 bits per heavy atom. The lowest BCUT2D eigenvalue weighted by Gasteiger charge is -2.12. The zero-order chi connectivity index (χ0) is 26.8. The van der Waals surface area contributed by atoms with Crippen LogP contribution in [0.3, 0.4) is 0 Å². The lowest BCUT2D eigenvalue weighted by atomic mass is 10.2. The van der Waals surface area contributed by atoms with E-state index in [1.165, 1.54) is 7.05 Å². The van der Waals surface area contributed by atoms with Gasteiger partial charge in [0, 0.05) is 33.2 Å². The smallest absolute Gasteiger partial charge is 0.407 e. The van der Waals surface area contributed by atoms with Crippen LogP contribution in [0.25, 0.3) is 0 Å². The number of aromatic nitrogens is 3. The molecule has 0 unspecified atom stereocenters. The molecule has 0 atom stereocenters. The highest BCUT2D eigenvalue weighted by Crippen LogP contribution is 2.01. The molecule has 36 heavy (non-hydrogen) atoms. The summed E-state index contributed by atoms with van der Waals surface area (Å²) in [7, 11) is 1.33. The predicted molar refractivity (Wildman–Crippen MR) is 128 cm³/mol. The van der Waals surface area contributed by atoms with Crippen molar-refractivity contribution in [3.63, 3.8) is 0 Å². The van der Waals surface area contributed by atoms with E-state index < -0.39 is 42.6 Å². The molecule has 0 saturated heterocycles. The highest BCUT2D eigenvalue weighted by Gasteiger charge is 2.13. The molecule has 0 spiro atoms. The van der Waals surface area contributed by atoms with Gasteiger partial charge < -0.3 is 20.1 Å². The van der Waals surface area contributed by atoms with Gasteiger partial charge in [0.1, 0.15) is 26.6 Å². The number of unbranched alkanes of at least 4 members (excludes halogenated alkanes) is 6. The van der Waals surface area contributed by atoms with Crippen molar-refractivity contribution in [2.45, 2.75) is 64.5 Å². The Bertz CT molecular complexity index is 905. The van der Waals surface area contributed by atoms with Gasteiger partial charge in [-0.25, -0.2) is 46.5 Å². The number of hydrogen-bond donors (Lipinski definition) is 2. The second-order valence-corrected chi connectivity index (χ2v) is 8.04.